The first kappa shape index (κ1) is 15.3. The van der Waals surface area contributed by atoms with Gasteiger partial charge in [-0.3, -0.25) is 0 Å². The van der Waals surface area contributed by atoms with Gasteiger partial charge in [0.15, 0.2) is 0 Å². The topological polar surface area (TPSA) is 72.6 Å². The van der Waals surface area contributed by atoms with Gasteiger partial charge in [-0.25, -0.2) is 13.6 Å². The first-order valence-electron chi connectivity index (χ1n) is 6.84. The number of nitrogens with zero attached hydrogens (tertiary/aromatic N) is 1. The second-order valence-corrected chi connectivity index (χ2v) is 6.98. The predicted molar refractivity (Wildman–Crippen MR) is 78.1 cm³/mol. The summed E-state index contributed by atoms with van der Waals surface area (Å²) in [7, 11) is -1.52. The Morgan fingerprint density at radius 3 is 2.45 bits per heavy atom. The first-order chi connectivity index (χ1) is 9.38. The fourth-order valence-corrected chi connectivity index (χ4v) is 2.69. The number of nitrogens with two attached hydrogens (primary N) is 1. The molecule has 0 unspecified atom stereocenters. The summed E-state index contributed by atoms with van der Waals surface area (Å²) in [6.45, 7) is 3.69. The molecule has 2 N–H and O–H groups in total. The van der Waals surface area contributed by atoms with E-state index in [0.29, 0.717) is 18.4 Å². The Morgan fingerprint density at radius 1 is 1.35 bits per heavy atom. The quantitative estimate of drug-likeness (QED) is 0.827. The van der Waals surface area contributed by atoms with Crippen LogP contribution in [0.3, 0.4) is 0 Å². The number of hydrogen-bond acceptors (Lipinski definition) is 4. The Kier molecular flexibility index (Phi) is 4.67. The van der Waals surface area contributed by atoms with E-state index in [1.165, 1.54) is 25.0 Å². The van der Waals surface area contributed by atoms with Crippen molar-refractivity contribution in [2.45, 2.75) is 30.7 Å². The van der Waals surface area contributed by atoms with Crippen molar-refractivity contribution in [2.24, 2.45) is 11.1 Å². The molecule has 1 saturated carbocycles. The summed E-state index contributed by atoms with van der Waals surface area (Å²) in [5.41, 5.74) is 0. The monoisotopic (exact) mass is 298 g/mol. The van der Waals surface area contributed by atoms with Gasteiger partial charge in [0.1, 0.15) is 12.4 Å². The average molecular weight is 298 g/mol. The van der Waals surface area contributed by atoms with E-state index in [-0.39, 0.29) is 4.90 Å². The van der Waals surface area contributed by atoms with Crippen molar-refractivity contribution >= 4 is 10.0 Å². The van der Waals surface area contributed by atoms with Gasteiger partial charge in [0.25, 0.3) is 0 Å². The molecule has 5 nitrogen and oxygen atoms in total. The fourth-order valence-electron chi connectivity index (χ4n) is 2.18. The third kappa shape index (κ3) is 4.19. The van der Waals surface area contributed by atoms with Gasteiger partial charge in [0.2, 0.25) is 10.0 Å². The molecule has 1 atom stereocenters. The number of rotatable bonds is 7. The Balaban J connectivity index is 1.79. The summed E-state index contributed by atoms with van der Waals surface area (Å²) in [6.07, 6.45) is 2.67. The molecule has 6 heteroatoms. The maximum Gasteiger partial charge on any atom is 0.238 e. The number of sulfonamides is 1. The zero-order valence-corrected chi connectivity index (χ0v) is 12.8. The highest BCUT2D eigenvalue weighted by Crippen LogP contribution is 2.34. The summed E-state index contributed by atoms with van der Waals surface area (Å²) >= 11 is 0. The molecule has 0 radical (unpaired) electrons. The molecule has 0 saturated heterocycles. The van der Waals surface area contributed by atoms with E-state index in [0.717, 1.165) is 12.5 Å². The number of likely N-dealkylation sites (N-methyl/N-ethyl adjacent to an activating group) is 1. The highest BCUT2D eigenvalue weighted by Gasteiger charge is 2.30. The molecule has 0 heterocycles. The highest BCUT2D eigenvalue weighted by atomic mass is 32.2. The van der Waals surface area contributed by atoms with Gasteiger partial charge >= 0.3 is 0 Å². The van der Waals surface area contributed by atoms with Crippen LogP contribution in [-0.2, 0) is 10.0 Å². The summed E-state index contributed by atoms with van der Waals surface area (Å²) in [5.74, 6) is 1.50. The van der Waals surface area contributed by atoms with Crippen LogP contribution in [0.15, 0.2) is 29.2 Å². The molecule has 1 aliphatic carbocycles. The second-order valence-electron chi connectivity index (χ2n) is 5.42. The molecule has 1 aliphatic rings. The van der Waals surface area contributed by atoms with Gasteiger partial charge in [-0.1, -0.05) is 0 Å². The van der Waals surface area contributed by atoms with Crippen molar-refractivity contribution < 1.29 is 13.2 Å². The first-order valence-corrected chi connectivity index (χ1v) is 8.38. The average Bonchev–Trinajstić information content (AvgIpc) is 3.21. The predicted octanol–water partition coefficient (Wildman–Crippen LogP) is 1.44. The maximum atomic E-state index is 11.1. The molecule has 1 aromatic carbocycles. The zero-order chi connectivity index (χ0) is 14.8. The van der Waals surface area contributed by atoms with Crippen LogP contribution in [0, 0.1) is 5.92 Å². The van der Waals surface area contributed by atoms with Crippen molar-refractivity contribution in [2.75, 3.05) is 20.2 Å². The van der Waals surface area contributed by atoms with E-state index >= 15 is 0 Å². The maximum absolute atomic E-state index is 11.1. The molecular weight excluding hydrogens is 276 g/mol. The van der Waals surface area contributed by atoms with Gasteiger partial charge < -0.3 is 9.64 Å². The summed E-state index contributed by atoms with van der Waals surface area (Å²) < 4.78 is 27.9. The lowest BCUT2D eigenvalue weighted by atomic mass is 10.2. The highest BCUT2D eigenvalue weighted by molar-refractivity contribution is 7.89. The van der Waals surface area contributed by atoms with E-state index < -0.39 is 10.0 Å². The lowest BCUT2D eigenvalue weighted by Gasteiger charge is -2.24. The molecule has 112 valence electrons. The van der Waals surface area contributed by atoms with E-state index in [4.69, 9.17) is 9.88 Å². The van der Waals surface area contributed by atoms with Crippen LogP contribution in [0.2, 0.25) is 0 Å². The van der Waals surface area contributed by atoms with Crippen LogP contribution in [0.4, 0.5) is 0 Å². The van der Waals surface area contributed by atoms with Gasteiger partial charge in [-0.2, -0.15) is 0 Å². The summed E-state index contributed by atoms with van der Waals surface area (Å²) in [5, 5.41) is 5.04. The van der Waals surface area contributed by atoms with Crippen LogP contribution in [0.25, 0.3) is 0 Å². The van der Waals surface area contributed by atoms with Crippen LogP contribution < -0.4 is 9.88 Å². The molecule has 1 fully saturated rings. The number of primary sulfonamides is 1. The Hall–Kier alpha value is -1.11. The molecule has 0 aliphatic heterocycles. The minimum absolute atomic E-state index is 0.101. The van der Waals surface area contributed by atoms with Crippen LogP contribution >= 0.6 is 0 Å². The minimum atomic E-state index is -3.63. The van der Waals surface area contributed by atoms with E-state index in [9.17, 15) is 8.42 Å². The van der Waals surface area contributed by atoms with Crippen LogP contribution in [0.5, 0.6) is 5.75 Å². The normalized spacial score (nSPS) is 17.2. The summed E-state index contributed by atoms with van der Waals surface area (Å²) in [4.78, 5) is 2.40. The second kappa shape index (κ2) is 6.11. The Bertz CT molecular complexity index is 538. The zero-order valence-electron chi connectivity index (χ0n) is 12.0. The molecule has 20 heavy (non-hydrogen) atoms. The van der Waals surface area contributed by atoms with Gasteiger partial charge in [0.05, 0.1) is 4.90 Å². The van der Waals surface area contributed by atoms with E-state index in [1.54, 1.807) is 12.1 Å². The number of benzene rings is 1. The Labute approximate surface area is 120 Å². The number of hydrogen-bond donors (Lipinski definition) is 1. The van der Waals surface area contributed by atoms with Crippen molar-refractivity contribution in [3.63, 3.8) is 0 Å². The standard InChI is InChI=1S/C14H22N2O3S/c1-11(12-3-4-12)16(2)9-10-19-13-5-7-14(8-6-13)20(15,17)18/h5-8,11-12H,3-4,9-10H2,1-2H3,(H2,15,17,18)/t11-/m1/s1. The minimum Gasteiger partial charge on any atom is -0.492 e. The molecule has 0 bridgehead atoms. The molecule has 0 amide bonds. The van der Waals surface area contributed by atoms with Gasteiger partial charge in [-0.15, -0.1) is 0 Å². The van der Waals surface area contributed by atoms with Gasteiger partial charge in [0, 0.05) is 12.6 Å². The van der Waals surface area contributed by atoms with E-state index in [1.807, 2.05) is 0 Å². The summed E-state index contributed by atoms with van der Waals surface area (Å²) in [6, 6.07) is 6.78. The van der Waals surface area contributed by atoms with Crippen molar-refractivity contribution in [1.29, 1.82) is 0 Å². The molecule has 2 rings (SSSR count). The van der Waals surface area contributed by atoms with Crippen LogP contribution in [0.1, 0.15) is 19.8 Å². The number of ether oxygens (including phenoxy) is 1. The fraction of sp³-hybridized carbons (Fsp3) is 0.571. The third-order valence-corrected chi connectivity index (χ3v) is 4.79. The third-order valence-electron chi connectivity index (χ3n) is 3.86. The lowest BCUT2D eigenvalue weighted by molar-refractivity contribution is 0.186. The molecular formula is C14H22N2O3S. The van der Waals surface area contributed by atoms with Crippen LogP contribution in [-0.4, -0.2) is 39.6 Å². The molecule has 0 spiro atoms. The van der Waals surface area contributed by atoms with Crippen molar-refractivity contribution in [3.8, 4) is 5.75 Å². The SMILES string of the molecule is C[C@H](C1CC1)N(C)CCOc1ccc(S(N)(=O)=O)cc1. The smallest absolute Gasteiger partial charge is 0.238 e. The van der Waals surface area contributed by atoms with Gasteiger partial charge in [-0.05, 0) is 57.0 Å². The molecule has 0 aromatic heterocycles. The largest absolute Gasteiger partial charge is 0.492 e. The lowest BCUT2D eigenvalue weighted by Crippen LogP contribution is -2.34. The van der Waals surface area contributed by atoms with Crippen molar-refractivity contribution in [3.05, 3.63) is 24.3 Å². The van der Waals surface area contributed by atoms with Crippen molar-refractivity contribution in [1.82, 2.24) is 4.90 Å². The molecule has 1 aromatic rings. The Morgan fingerprint density at radius 2 is 1.95 bits per heavy atom. The van der Waals surface area contributed by atoms with E-state index in [2.05, 4.69) is 18.9 Å².